The first-order valence-corrected chi connectivity index (χ1v) is 4.82. The summed E-state index contributed by atoms with van der Waals surface area (Å²) in [6.07, 6.45) is 9.15. The molecule has 1 rings (SSSR count). The van der Waals surface area contributed by atoms with Crippen molar-refractivity contribution in [2.45, 2.75) is 0 Å². The lowest BCUT2D eigenvalue weighted by molar-refractivity contribution is 0.414. The van der Waals surface area contributed by atoms with Crippen LogP contribution in [0.25, 0.3) is 6.08 Å². The van der Waals surface area contributed by atoms with Crippen LogP contribution in [0.15, 0.2) is 30.3 Å². The molecule has 0 aromatic heterocycles. The maximum atomic E-state index is 5.22. The van der Waals surface area contributed by atoms with Crippen molar-refractivity contribution in [3.8, 4) is 18.1 Å². The molecular formula is C13H15NO. The van der Waals surface area contributed by atoms with Crippen molar-refractivity contribution in [3.05, 3.63) is 35.9 Å². The first kappa shape index (κ1) is 11.4. The Labute approximate surface area is 91.0 Å². The fourth-order valence-corrected chi connectivity index (χ4v) is 1.22. The Balaban J connectivity index is 2.52. The standard InChI is InChI=1S/C13H15NO/c1-3-10-14-11-6-8-12-7-4-5-9-13(12)15-2/h1,4-9,14H,10-11H2,2H3/b8-6+. The molecule has 0 aliphatic carbocycles. The van der Waals surface area contributed by atoms with E-state index in [1.165, 1.54) is 0 Å². The number of benzene rings is 1. The minimum absolute atomic E-state index is 0.594. The average Bonchev–Trinajstić information content (AvgIpc) is 2.29. The molecule has 0 radical (unpaired) electrons. The monoisotopic (exact) mass is 201 g/mol. The number of para-hydroxylation sites is 1. The van der Waals surface area contributed by atoms with Gasteiger partial charge in [0.15, 0.2) is 0 Å². The summed E-state index contributed by atoms with van der Waals surface area (Å²) in [6.45, 7) is 1.36. The van der Waals surface area contributed by atoms with Crippen LogP contribution in [-0.2, 0) is 0 Å². The van der Waals surface area contributed by atoms with E-state index in [9.17, 15) is 0 Å². The topological polar surface area (TPSA) is 21.3 Å². The molecule has 2 nitrogen and oxygen atoms in total. The molecule has 15 heavy (non-hydrogen) atoms. The molecule has 0 aliphatic heterocycles. The molecule has 0 amide bonds. The van der Waals surface area contributed by atoms with Gasteiger partial charge in [-0.05, 0) is 6.07 Å². The Morgan fingerprint density at radius 1 is 1.47 bits per heavy atom. The van der Waals surface area contributed by atoms with Crippen LogP contribution in [0.3, 0.4) is 0 Å². The lowest BCUT2D eigenvalue weighted by atomic mass is 10.2. The molecule has 1 aromatic rings. The highest BCUT2D eigenvalue weighted by Gasteiger charge is 1.95. The van der Waals surface area contributed by atoms with E-state index in [0.29, 0.717) is 6.54 Å². The van der Waals surface area contributed by atoms with Gasteiger partial charge in [0.05, 0.1) is 13.7 Å². The summed E-state index contributed by atoms with van der Waals surface area (Å²) in [7, 11) is 1.67. The number of nitrogens with one attached hydrogen (secondary N) is 1. The molecule has 1 aromatic carbocycles. The predicted octanol–water partition coefficient (Wildman–Crippen LogP) is 1.93. The number of ether oxygens (including phenoxy) is 1. The van der Waals surface area contributed by atoms with E-state index in [2.05, 4.69) is 11.2 Å². The van der Waals surface area contributed by atoms with E-state index in [4.69, 9.17) is 11.2 Å². The number of hydrogen-bond acceptors (Lipinski definition) is 2. The Morgan fingerprint density at radius 3 is 3.00 bits per heavy atom. The van der Waals surface area contributed by atoms with Crippen LogP contribution in [0.4, 0.5) is 0 Å². The highest BCUT2D eigenvalue weighted by molar-refractivity contribution is 5.57. The van der Waals surface area contributed by atoms with Gasteiger partial charge in [0.2, 0.25) is 0 Å². The minimum atomic E-state index is 0.594. The zero-order chi connectivity index (χ0) is 10.9. The van der Waals surface area contributed by atoms with Gasteiger partial charge < -0.3 is 10.1 Å². The fourth-order valence-electron chi connectivity index (χ4n) is 1.22. The van der Waals surface area contributed by atoms with Crippen molar-refractivity contribution in [1.29, 1.82) is 0 Å². The van der Waals surface area contributed by atoms with Gasteiger partial charge in [-0.3, -0.25) is 0 Å². The van der Waals surface area contributed by atoms with E-state index in [1.807, 2.05) is 36.4 Å². The third kappa shape index (κ3) is 3.88. The van der Waals surface area contributed by atoms with E-state index < -0.39 is 0 Å². The predicted molar refractivity (Wildman–Crippen MR) is 63.7 cm³/mol. The van der Waals surface area contributed by atoms with Crippen LogP contribution in [0.2, 0.25) is 0 Å². The van der Waals surface area contributed by atoms with Crippen molar-refractivity contribution in [2.75, 3.05) is 20.2 Å². The van der Waals surface area contributed by atoms with E-state index in [-0.39, 0.29) is 0 Å². The molecule has 0 fully saturated rings. The number of terminal acetylenes is 1. The van der Waals surface area contributed by atoms with E-state index in [0.717, 1.165) is 17.9 Å². The molecule has 0 saturated heterocycles. The summed E-state index contributed by atoms with van der Waals surface area (Å²) in [5.41, 5.74) is 1.07. The maximum absolute atomic E-state index is 5.22. The number of methoxy groups -OCH3 is 1. The van der Waals surface area contributed by atoms with Gasteiger partial charge in [-0.2, -0.15) is 0 Å². The third-order valence-corrected chi connectivity index (χ3v) is 1.93. The van der Waals surface area contributed by atoms with Crippen LogP contribution in [-0.4, -0.2) is 20.2 Å². The van der Waals surface area contributed by atoms with Crippen molar-refractivity contribution >= 4 is 6.08 Å². The van der Waals surface area contributed by atoms with Gasteiger partial charge in [-0.1, -0.05) is 36.3 Å². The second-order valence-corrected chi connectivity index (χ2v) is 2.98. The highest BCUT2D eigenvalue weighted by atomic mass is 16.5. The molecule has 0 bridgehead atoms. The van der Waals surface area contributed by atoms with E-state index >= 15 is 0 Å². The zero-order valence-corrected chi connectivity index (χ0v) is 8.86. The first-order valence-electron chi connectivity index (χ1n) is 4.82. The summed E-state index contributed by atoms with van der Waals surface area (Å²) in [5, 5.41) is 3.08. The molecule has 0 saturated carbocycles. The van der Waals surface area contributed by atoms with Gasteiger partial charge in [-0.15, -0.1) is 6.42 Å². The van der Waals surface area contributed by atoms with Crippen molar-refractivity contribution in [3.63, 3.8) is 0 Å². The van der Waals surface area contributed by atoms with Crippen LogP contribution in [0.1, 0.15) is 5.56 Å². The fraction of sp³-hybridized carbons (Fsp3) is 0.231. The van der Waals surface area contributed by atoms with Crippen molar-refractivity contribution < 1.29 is 4.74 Å². The molecule has 2 heteroatoms. The molecule has 78 valence electrons. The van der Waals surface area contributed by atoms with E-state index in [1.54, 1.807) is 7.11 Å². The summed E-state index contributed by atoms with van der Waals surface area (Å²) in [5.74, 6) is 3.40. The summed E-state index contributed by atoms with van der Waals surface area (Å²) in [6, 6.07) is 7.88. The SMILES string of the molecule is C#CCNC/C=C/c1ccccc1OC. The molecule has 1 N–H and O–H groups in total. The highest BCUT2D eigenvalue weighted by Crippen LogP contribution is 2.18. The Kier molecular flexibility index (Phi) is 5.07. The Morgan fingerprint density at radius 2 is 2.27 bits per heavy atom. The minimum Gasteiger partial charge on any atom is -0.496 e. The van der Waals surface area contributed by atoms with Gasteiger partial charge in [0.1, 0.15) is 5.75 Å². The quantitative estimate of drug-likeness (QED) is 0.580. The molecular weight excluding hydrogens is 186 g/mol. The Bertz CT molecular complexity index is 363. The van der Waals surface area contributed by atoms with Gasteiger partial charge in [0, 0.05) is 12.1 Å². The Hall–Kier alpha value is -1.72. The normalized spacial score (nSPS) is 10.1. The zero-order valence-electron chi connectivity index (χ0n) is 8.86. The second kappa shape index (κ2) is 6.69. The van der Waals surface area contributed by atoms with Crippen LogP contribution in [0.5, 0.6) is 5.75 Å². The largest absolute Gasteiger partial charge is 0.496 e. The molecule has 0 atom stereocenters. The molecule has 0 spiro atoms. The molecule has 0 aliphatic rings. The van der Waals surface area contributed by atoms with Crippen LogP contribution >= 0.6 is 0 Å². The first-order chi connectivity index (χ1) is 7.38. The lowest BCUT2D eigenvalue weighted by Crippen LogP contribution is -2.12. The lowest BCUT2D eigenvalue weighted by Gasteiger charge is -2.03. The third-order valence-electron chi connectivity index (χ3n) is 1.93. The van der Waals surface area contributed by atoms with Crippen LogP contribution in [0, 0.1) is 12.3 Å². The van der Waals surface area contributed by atoms with Crippen molar-refractivity contribution in [1.82, 2.24) is 5.32 Å². The maximum Gasteiger partial charge on any atom is 0.126 e. The van der Waals surface area contributed by atoms with Gasteiger partial charge in [-0.25, -0.2) is 0 Å². The van der Waals surface area contributed by atoms with Crippen LogP contribution < -0.4 is 10.1 Å². The number of hydrogen-bond donors (Lipinski definition) is 1. The second-order valence-electron chi connectivity index (χ2n) is 2.98. The number of rotatable bonds is 5. The smallest absolute Gasteiger partial charge is 0.126 e. The summed E-state index contributed by atoms with van der Waals surface area (Å²) >= 11 is 0. The van der Waals surface area contributed by atoms with Gasteiger partial charge in [0.25, 0.3) is 0 Å². The van der Waals surface area contributed by atoms with Crippen molar-refractivity contribution in [2.24, 2.45) is 0 Å². The summed E-state index contributed by atoms with van der Waals surface area (Å²) < 4.78 is 5.22. The molecule has 0 unspecified atom stereocenters. The average molecular weight is 201 g/mol. The molecule has 0 heterocycles. The summed E-state index contributed by atoms with van der Waals surface area (Å²) in [4.78, 5) is 0. The van der Waals surface area contributed by atoms with Gasteiger partial charge >= 0.3 is 0 Å².